The zero-order valence-electron chi connectivity index (χ0n) is 11.2. The summed E-state index contributed by atoms with van der Waals surface area (Å²) in [5.74, 6) is 1.32. The fourth-order valence-electron chi connectivity index (χ4n) is 2.36. The Bertz CT molecular complexity index is 566. The summed E-state index contributed by atoms with van der Waals surface area (Å²) < 4.78 is 30.2. The lowest BCUT2D eigenvalue weighted by Crippen LogP contribution is -2.39. The molecular weight excluding hydrogens is 410 g/mol. The number of hydrogen-bond donors (Lipinski definition) is 1. The molecule has 1 fully saturated rings. The Balaban J connectivity index is 2.01. The molecule has 0 saturated carbocycles. The van der Waals surface area contributed by atoms with Gasteiger partial charge in [0.2, 0.25) is 0 Å². The van der Waals surface area contributed by atoms with E-state index in [1.165, 1.54) is 0 Å². The summed E-state index contributed by atoms with van der Waals surface area (Å²) >= 11 is 6.93. The van der Waals surface area contributed by atoms with Crippen LogP contribution in [0.25, 0.3) is 0 Å². The molecule has 0 radical (unpaired) electrons. The maximum Gasteiger partial charge on any atom is 0.151 e. The third-order valence-corrected chi connectivity index (χ3v) is 6.32. The highest BCUT2D eigenvalue weighted by molar-refractivity contribution is 9.11. The molecule has 0 aromatic heterocycles. The van der Waals surface area contributed by atoms with E-state index in [1.807, 2.05) is 12.1 Å². The number of sulfone groups is 1. The quantitative estimate of drug-likeness (QED) is 0.804. The van der Waals surface area contributed by atoms with Crippen molar-refractivity contribution in [1.29, 1.82) is 0 Å². The topological polar surface area (TPSA) is 55.4 Å². The van der Waals surface area contributed by atoms with Crippen LogP contribution in [-0.4, -0.2) is 33.1 Å². The highest BCUT2D eigenvalue weighted by Gasteiger charge is 2.24. The fraction of sp³-hybridized carbons (Fsp3) is 0.538. The Morgan fingerprint density at radius 2 is 2.00 bits per heavy atom. The molecule has 0 amide bonds. The second-order valence-corrected chi connectivity index (χ2v) is 8.86. The number of ether oxygens (including phenoxy) is 1. The van der Waals surface area contributed by atoms with Crippen molar-refractivity contribution < 1.29 is 13.2 Å². The van der Waals surface area contributed by atoms with Crippen LogP contribution in [0.2, 0.25) is 0 Å². The van der Waals surface area contributed by atoms with Gasteiger partial charge < -0.3 is 10.1 Å². The minimum Gasteiger partial charge on any atom is -0.494 e. The van der Waals surface area contributed by atoms with Crippen molar-refractivity contribution in [2.75, 3.05) is 18.6 Å². The van der Waals surface area contributed by atoms with Gasteiger partial charge in [-0.25, -0.2) is 8.42 Å². The number of methoxy groups -OCH3 is 1. The van der Waals surface area contributed by atoms with Crippen molar-refractivity contribution in [2.45, 2.75) is 25.4 Å². The molecule has 1 aliphatic rings. The minimum absolute atomic E-state index is 0.0494. The van der Waals surface area contributed by atoms with E-state index in [9.17, 15) is 8.42 Å². The molecule has 0 bridgehead atoms. The third kappa shape index (κ3) is 4.19. The first-order chi connectivity index (χ1) is 9.41. The molecule has 0 spiro atoms. The molecule has 112 valence electrons. The largest absolute Gasteiger partial charge is 0.494 e. The molecule has 20 heavy (non-hydrogen) atoms. The highest BCUT2D eigenvalue weighted by atomic mass is 79.9. The van der Waals surface area contributed by atoms with Gasteiger partial charge in [0.05, 0.1) is 27.6 Å². The minimum atomic E-state index is -2.86. The maximum atomic E-state index is 11.6. The molecule has 2 rings (SSSR count). The summed E-state index contributed by atoms with van der Waals surface area (Å²) in [6.07, 6.45) is 1.66. The monoisotopic (exact) mass is 425 g/mol. The third-order valence-electron chi connectivity index (χ3n) is 3.32. The summed E-state index contributed by atoms with van der Waals surface area (Å²) in [4.78, 5) is 0. The molecule has 1 heterocycles. The Hall–Kier alpha value is -0.110. The van der Waals surface area contributed by atoms with Gasteiger partial charge in [-0.2, -0.15) is 0 Å². The summed E-state index contributed by atoms with van der Waals surface area (Å²) in [6.45, 7) is 0.640. The average molecular weight is 427 g/mol. The molecule has 1 unspecified atom stereocenters. The van der Waals surface area contributed by atoms with Crippen LogP contribution in [0.4, 0.5) is 0 Å². The van der Waals surface area contributed by atoms with E-state index >= 15 is 0 Å². The molecule has 1 aromatic rings. The van der Waals surface area contributed by atoms with Gasteiger partial charge in [0.25, 0.3) is 0 Å². The molecule has 7 heteroatoms. The van der Waals surface area contributed by atoms with Gasteiger partial charge in [0.15, 0.2) is 9.84 Å². The Morgan fingerprint density at radius 1 is 1.35 bits per heavy atom. The van der Waals surface area contributed by atoms with E-state index < -0.39 is 9.84 Å². The summed E-state index contributed by atoms with van der Waals surface area (Å²) in [7, 11) is -1.24. The number of nitrogens with one attached hydrogen (secondary N) is 1. The number of halogens is 2. The van der Waals surface area contributed by atoms with Crippen LogP contribution < -0.4 is 10.1 Å². The molecule has 1 atom stereocenters. The van der Waals surface area contributed by atoms with Gasteiger partial charge in [-0.05, 0) is 62.4 Å². The molecule has 1 aromatic carbocycles. The fourth-order valence-corrected chi connectivity index (χ4v) is 5.63. The lowest BCUT2D eigenvalue weighted by molar-refractivity contribution is 0.409. The van der Waals surface area contributed by atoms with Gasteiger partial charge in [-0.3, -0.25) is 0 Å². The van der Waals surface area contributed by atoms with E-state index in [4.69, 9.17) is 4.74 Å². The summed E-state index contributed by atoms with van der Waals surface area (Å²) in [6, 6.07) is 4.01. The van der Waals surface area contributed by atoms with E-state index in [1.54, 1.807) is 7.11 Å². The first-order valence-corrected chi connectivity index (χ1v) is 9.78. The van der Waals surface area contributed by atoms with Gasteiger partial charge >= 0.3 is 0 Å². The van der Waals surface area contributed by atoms with Crippen LogP contribution in [0.3, 0.4) is 0 Å². The molecule has 1 N–H and O–H groups in total. The van der Waals surface area contributed by atoms with Crippen molar-refractivity contribution in [2.24, 2.45) is 0 Å². The van der Waals surface area contributed by atoms with Gasteiger partial charge in [-0.15, -0.1) is 0 Å². The molecular formula is C13H17Br2NO3S. The van der Waals surface area contributed by atoms with Gasteiger partial charge in [-0.1, -0.05) is 0 Å². The standard InChI is InChI=1S/C13H17Br2NO3S/c1-19-13-11(14)5-9(6-12(13)15)7-16-10-3-2-4-20(17,18)8-10/h5-6,10,16H,2-4,7-8H2,1H3. The Labute approximate surface area is 136 Å². The molecule has 4 nitrogen and oxygen atoms in total. The van der Waals surface area contributed by atoms with Crippen LogP contribution in [0.5, 0.6) is 5.75 Å². The van der Waals surface area contributed by atoms with E-state index in [2.05, 4.69) is 37.2 Å². The lowest BCUT2D eigenvalue weighted by atomic mass is 10.1. The smallest absolute Gasteiger partial charge is 0.151 e. The van der Waals surface area contributed by atoms with Crippen LogP contribution >= 0.6 is 31.9 Å². The normalized spacial score (nSPS) is 21.6. The summed E-state index contributed by atoms with van der Waals surface area (Å²) in [5.41, 5.74) is 1.08. The number of hydrogen-bond acceptors (Lipinski definition) is 4. The van der Waals surface area contributed by atoms with Crippen LogP contribution in [0, 0.1) is 0 Å². The summed E-state index contributed by atoms with van der Waals surface area (Å²) in [5, 5.41) is 3.32. The van der Waals surface area contributed by atoms with Crippen LogP contribution in [-0.2, 0) is 16.4 Å². The van der Waals surface area contributed by atoms with Crippen LogP contribution in [0.1, 0.15) is 18.4 Å². The van der Waals surface area contributed by atoms with Gasteiger partial charge in [0, 0.05) is 12.6 Å². The average Bonchev–Trinajstić information content (AvgIpc) is 2.35. The second kappa shape index (κ2) is 6.77. The number of rotatable bonds is 4. The molecule has 1 saturated heterocycles. The molecule has 1 aliphatic heterocycles. The zero-order chi connectivity index (χ0) is 14.8. The van der Waals surface area contributed by atoms with Crippen molar-refractivity contribution in [3.63, 3.8) is 0 Å². The predicted molar refractivity (Wildman–Crippen MR) is 86.9 cm³/mol. The van der Waals surface area contributed by atoms with Gasteiger partial charge in [0.1, 0.15) is 5.75 Å². The maximum absolute atomic E-state index is 11.6. The molecule has 0 aliphatic carbocycles. The Kier molecular flexibility index (Phi) is 5.50. The number of benzene rings is 1. The zero-order valence-corrected chi connectivity index (χ0v) is 15.1. The first kappa shape index (κ1) is 16.3. The van der Waals surface area contributed by atoms with Crippen molar-refractivity contribution in [3.8, 4) is 5.75 Å². The predicted octanol–water partition coefficient (Wildman–Crippen LogP) is 2.89. The lowest BCUT2D eigenvalue weighted by Gasteiger charge is -2.23. The van der Waals surface area contributed by atoms with E-state index in [-0.39, 0.29) is 11.8 Å². The van der Waals surface area contributed by atoms with Crippen LogP contribution in [0.15, 0.2) is 21.1 Å². The van der Waals surface area contributed by atoms with Crippen molar-refractivity contribution in [1.82, 2.24) is 5.32 Å². The van der Waals surface area contributed by atoms with E-state index in [0.717, 1.165) is 33.1 Å². The SMILES string of the molecule is COc1c(Br)cc(CNC2CCCS(=O)(=O)C2)cc1Br. The van der Waals surface area contributed by atoms with E-state index in [0.29, 0.717) is 12.3 Å². The Morgan fingerprint density at radius 3 is 2.55 bits per heavy atom. The van der Waals surface area contributed by atoms with Crippen molar-refractivity contribution in [3.05, 3.63) is 26.6 Å². The van der Waals surface area contributed by atoms with Crippen molar-refractivity contribution >= 4 is 41.7 Å². The first-order valence-electron chi connectivity index (χ1n) is 6.37. The highest BCUT2D eigenvalue weighted by Crippen LogP contribution is 2.34. The second-order valence-electron chi connectivity index (χ2n) is 4.93.